The van der Waals surface area contributed by atoms with E-state index in [0.29, 0.717) is 36.1 Å². The molecule has 128 valence electrons. The van der Waals surface area contributed by atoms with Gasteiger partial charge in [-0.05, 0) is 54.8 Å². The summed E-state index contributed by atoms with van der Waals surface area (Å²) in [7, 11) is 0. The van der Waals surface area contributed by atoms with Gasteiger partial charge in [-0.15, -0.1) is 0 Å². The van der Waals surface area contributed by atoms with Crippen LogP contribution in [0, 0.1) is 0 Å². The normalized spacial score (nSPS) is 15.2. The lowest BCUT2D eigenvalue weighted by Crippen LogP contribution is -2.05. The maximum absolute atomic E-state index is 12.0. The number of cyclic esters (lactones) is 1. The molecule has 2 aromatic carbocycles. The van der Waals surface area contributed by atoms with Gasteiger partial charge < -0.3 is 9.47 Å². The molecule has 0 unspecified atom stereocenters. The average Bonchev–Trinajstić information content (AvgIpc) is 2.94. The predicted octanol–water partition coefficient (Wildman–Crippen LogP) is 4.67. The summed E-state index contributed by atoms with van der Waals surface area (Å²) < 4.78 is 10.7. The first-order valence-corrected chi connectivity index (χ1v) is 8.50. The van der Waals surface area contributed by atoms with Crippen LogP contribution in [0.4, 0.5) is 0 Å². The van der Waals surface area contributed by atoms with Gasteiger partial charge in [0.05, 0.1) is 6.61 Å². The molecule has 5 heteroatoms. The smallest absolute Gasteiger partial charge is 0.363 e. The molecular weight excluding hydrogens is 338 g/mol. The molecule has 2 aromatic rings. The van der Waals surface area contributed by atoms with Gasteiger partial charge in [0, 0.05) is 11.4 Å². The molecular formula is C20H18ClNO3. The summed E-state index contributed by atoms with van der Waals surface area (Å²) in [5.74, 6) is 0.758. The molecule has 0 spiro atoms. The fraction of sp³-hybridized carbons (Fsp3) is 0.200. The van der Waals surface area contributed by atoms with Crippen LogP contribution in [0.5, 0.6) is 5.75 Å². The Hall–Kier alpha value is -2.59. The lowest BCUT2D eigenvalue weighted by atomic mass is 10.1. The molecule has 0 atom stereocenters. The van der Waals surface area contributed by atoms with Crippen LogP contribution in [-0.2, 0) is 16.0 Å². The number of hydrogen-bond donors (Lipinski definition) is 0. The van der Waals surface area contributed by atoms with Crippen LogP contribution < -0.4 is 4.74 Å². The highest BCUT2D eigenvalue weighted by molar-refractivity contribution is 6.30. The maximum atomic E-state index is 12.0. The number of rotatable bonds is 6. The number of nitrogens with zero attached hydrogens (tertiary/aromatic N) is 1. The number of halogens is 1. The van der Waals surface area contributed by atoms with E-state index in [-0.39, 0.29) is 0 Å². The van der Waals surface area contributed by atoms with E-state index < -0.39 is 5.97 Å². The Labute approximate surface area is 151 Å². The molecule has 0 amide bonds. The largest absolute Gasteiger partial charge is 0.494 e. The van der Waals surface area contributed by atoms with Gasteiger partial charge in [-0.3, -0.25) is 0 Å². The Morgan fingerprint density at radius 1 is 1.16 bits per heavy atom. The van der Waals surface area contributed by atoms with Crippen LogP contribution in [0.1, 0.15) is 24.5 Å². The molecule has 0 saturated carbocycles. The second-order valence-electron chi connectivity index (χ2n) is 5.56. The fourth-order valence-corrected chi connectivity index (χ4v) is 2.74. The summed E-state index contributed by atoms with van der Waals surface area (Å²) in [6.45, 7) is 2.52. The van der Waals surface area contributed by atoms with Gasteiger partial charge in [-0.1, -0.05) is 35.9 Å². The molecule has 0 saturated heterocycles. The number of esters is 1. The second-order valence-corrected chi connectivity index (χ2v) is 6.00. The molecule has 0 radical (unpaired) electrons. The first kappa shape index (κ1) is 17.2. The molecule has 1 aliphatic heterocycles. The molecule has 0 aromatic heterocycles. The van der Waals surface area contributed by atoms with E-state index >= 15 is 0 Å². The summed E-state index contributed by atoms with van der Waals surface area (Å²) in [5.41, 5.74) is 2.22. The number of hydrogen-bond acceptors (Lipinski definition) is 4. The Balaban J connectivity index is 1.70. The van der Waals surface area contributed by atoms with Crippen molar-refractivity contribution in [3.8, 4) is 5.75 Å². The average molecular weight is 356 g/mol. The number of benzene rings is 2. The monoisotopic (exact) mass is 355 g/mol. The minimum absolute atomic E-state index is 0.301. The molecule has 0 bridgehead atoms. The molecule has 0 fully saturated rings. The van der Waals surface area contributed by atoms with Crippen molar-refractivity contribution in [2.24, 2.45) is 4.99 Å². The van der Waals surface area contributed by atoms with Gasteiger partial charge in [-0.25, -0.2) is 9.79 Å². The van der Waals surface area contributed by atoms with Crippen molar-refractivity contribution >= 4 is 29.5 Å². The third kappa shape index (κ3) is 4.70. The van der Waals surface area contributed by atoms with Crippen molar-refractivity contribution in [1.82, 2.24) is 0 Å². The Morgan fingerprint density at radius 3 is 2.80 bits per heavy atom. The van der Waals surface area contributed by atoms with E-state index in [1.165, 1.54) is 0 Å². The minimum atomic E-state index is -0.428. The highest BCUT2D eigenvalue weighted by Gasteiger charge is 2.22. The lowest BCUT2D eigenvalue weighted by molar-refractivity contribution is -0.130. The second kappa shape index (κ2) is 7.99. The molecule has 3 rings (SSSR count). The summed E-state index contributed by atoms with van der Waals surface area (Å²) in [6.07, 6.45) is 2.96. The van der Waals surface area contributed by atoms with Gasteiger partial charge in [0.15, 0.2) is 11.6 Å². The van der Waals surface area contributed by atoms with E-state index in [2.05, 4.69) is 4.99 Å². The SMILES string of the molecule is CCOc1cccc(/C=C2/N=C(CCc3cccc(Cl)c3)OC2=O)c1. The van der Waals surface area contributed by atoms with Crippen molar-refractivity contribution in [1.29, 1.82) is 0 Å². The highest BCUT2D eigenvalue weighted by atomic mass is 35.5. The van der Waals surface area contributed by atoms with Crippen molar-refractivity contribution in [2.75, 3.05) is 6.61 Å². The van der Waals surface area contributed by atoms with Gasteiger partial charge in [0.1, 0.15) is 5.75 Å². The number of aryl methyl sites for hydroxylation is 1. The molecule has 1 aliphatic rings. The summed E-state index contributed by atoms with van der Waals surface area (Å²) in [5, 5.41) is 0.692. The van der Waals surface area contributed by atoms with Crippen LogP contribution in [0.25, 0.3) is 6.08 Å². The van der Waals surface area contributed by atoms with Crippen LogP contribution >= 0.6 is 11.6 Å². The van der Waals surface area contributed by atoms with E-state index in [1.54, 1.807) is 6.08 Å². The Kier molecular flexibility index (Phi) is 5.51. The number of ether oxygens (including phenoxy) is 2. The lowest BCUT2D eigenvalue weighted by Gasteiger charge is -2.03. The van der Waals surface area contributed by atoms with Gasteiger partial charge in [-0.2, -0.15) is 0 Å². The van der Waals surface area contributed by atoms with Crippen LogP contribution in [-0.4, -0.2) is 18.5 Å². The standard InChI is InChI=1S/C20H18ClNO3/c1-2-24-17-8-4-6-15(12-17)13-18-20(23)25-19(22-18)10-9-14-5-3-7-16(21)11-14/h3-8,11-13H,2,9-10H2,1H3/b18-13+. The van der Waals surface area contributed by atoms with Gasteiger partial charge in [0.25, 0.3) is 0 Å². The Bertz CT molecular complexity index is 842. The highest BCUT2D eigenvalue weighted by Crippen LogP contribution is 2.21. The third-order valence-electron chi connectivity index (χ3n) is 3.65. The van der Waals surface area contributed by atoms with Crippen molar-refractivity contribution in [3.63, 3.8) is 0 Å². The molecule has 0 aliphatic carbocycles. The zero-order valence-corrected chi connectivity index (χ0v) is 14.6. The van der Waals surface area contributed by atoms with Crippen LogP contribution in [0.3, 0.4) is 0 Å². The minimum Gasteiger partial charge on any atom is -0.494 e. The van der Waals surface area contributed by atoms with Crippen LogP contribution in [0.15, 0.2) is 59.2 Å². The first-order valence-electron chi connectivity index (χ1n) is 8.13. The van der Waals surface area contributed by atoms with E-state index in [9.17, 15) is 4.79 Å². The number of carbonyl (C=O) groups is 1. The van der Waals surface area contributed by atoms with Gasteiger partial charge in [0.2, 0.25) is 0 Å². The van der Waals surface area contributed by atoms with Gasteiger partial charge >= 0.3 is 5.97 Å². The van der Waals surface area contributed by atoms with E-state index in [1.807, 2.05) is 55.5 Å². The summed E-state index contributed by atoms with van der Waals surface area (Å²) >= 11 is 5.98. The first-order chi connectivity index (χ1) is 12.1. The molecule has 4 nitrogen and oxygen atoms in total. The van der Waals surface area contributed by atoms with E-state index in [4.69, 9.17) is 21.1 Å². The maximum Gasteiger partial charge on any atom is 0.363 e. The molecule has 1 heterocycles. The zero-order valence-electron chi connectivity index (χ0n) is 13.9. The predicted molar refractivity (Wildman–Crippen MR) is 98.9 cm³/mol. The van der Waals surface area contributed by atoms with Crippen molar-refractivity contribution in [3.05, 3.63) is 70.4 Å². The van der Waals surface area contributed by atoms with Crippen molar-refractivity contribution < 1.29 is 14.3 Å². The van der Waals surface area contributed by atoms with E-state index in [0.717, 1.165) is 16.9 Å². The molecule has 25 heavy (non-hydrogen) atoms. The summed E-state index contributed by atoms with van der Waals surface area (Å²) in [4.78, 5) is 16.3. The Morgan fingerprint density at radius 2 is 2.00 bits per heavy atom. The number of carbonyl (C=O) groups excluding carboxylic acids is 1. The molecule has 0 N–H and O–H groups in total. The topological polar surface area (TPSA) is 47.9 Å². The quantitative estimate of drug-likeness (QED) is 0.559. The number of aliphatic imine (C=N–C) groups is 1. The zero-order chi connectivity index (χ0) is 17.6. The van der Waals surface area contributed by atoms with Crippen molar-refractivity contribution in [2.45, 2.75) is 19.8 Å². The third-order valence-corrected chi connectivity index (χ3v) is 3.89. The summed E-state index contributed by atoms with van der Waals surface area (Å²) in [6, 6.07) is 15.1. The fourth-order valence-electron chi connectivity index (χ4n) is 2.52. The van der Waals surface area contributed by atoms with Crippen LogP contribution in [0.2, 0.25) is 5.02 Å².